The van der Waals surface area contributed by atoms with Crippen LogP contribution in [0.2, 0.25) is 0 Å². The van der Waals surface area contributed by atoms with Crippen LogP contribution in [0.5, 0.6) is 0 Å². The van der Waals surface area contributed by atoms with Gasteiger partial charge in [-0.1, -0.05) is 30.3 Å². The van der Waals surface area contributed by atoms with Gasteiger partial charge in [-0.05, 0) is 5.56 Å². The molecule has 104 valence electrons. The van der Waals surface area contributed by atoms with Crippen LogP contribution in [-0.4, -0.2) is 38.4 Å². The van der Waals surface area contributed by atoms with E-state index in [0.717, 1.165) is 5.56 Å². The zero-order valence-electron chi connectivity index (χ0n) is 10.9. The van der Waals surface area contributed by atoms with Crippen LogP contribution >= 0.6 is 0 Å². The first kappa shape index (κ1) is 14.0. The van der Waals surface area contributed by atoms with E-state index in [4.69, 9.17) is 15.2 Å². The number of nitrogens with two attached hydrogens (primary N) is 1. The van der Waals surface area contributed by atoms with Gasteiger partial charge in [0.1, 0.15) is 0 Å². The minimum Gasteiger partial charge on any atom is -0.376 e. The predicted octanol–water partition coefficient (Wildman–Crippen LogP) is 0.608. The highest BCUT2D eigenvalue weighted by molar-refractivity contribution is 5.76. The van der Waals surface area contributed by atoms with Gasteiger partial charge in [-0.25, -0.2) is 0 Å². The second kappa shape index (κ2) is 7.23. The topological polar surface area (TPSA) is 73.6 Å². The number of carbonyl (C=O) groups is 1. The van der Waals surface area contributed by atoms with E-state index in [2.05, 4.69) is 5.32 Å². The lowest BCUT2D eigenvalue weighted by atomic mass is 10.0. The van der Waals surface area contributed by atoms with Crippen molar-refractivity contribution in [1.29, 1.82) is 0 Å². The van der Waals surface area contributed by atoms with Crippen molar-refractivity contribution in [1.82, 2.24) is 5.32 Å². The van der Waals surface area contributed by atoms with E-state index in [1.54, 1.807) is 0 Å². The molecule has 1 aliphatic heterocycles. The van der Waals surface area contributed by atoms with Gasteiger partial charge in [0.25, 0.3) is 0 Å². The van der Waals surface area contributed by atoms with Crippen LogP contribution in [0.25, 0.3) is 0 Å². The van der Waals surface area contributed by atoms with Gasteiger partial charge in [-0.3, -0.25) is 4.79 Å². The fraction of sp³-hybridized carbons (Fsp3) is 0.500. The van der Waals surface area contributed by atoms with Crippen molar-refractivity contribution < 1.29 is 14.3 Å². The molecular formula is C14H20N2O3. The maximum absolute atomic E-state index is 11.8. The quantitative estimate of drug-likeness (QED) is 0.817. The lowest BCUT2D eigenvalue weighted by Gasteiger charge is -2.23. The SMILES string of the molecule is NC(CC(=O)NCC1COCCO1)c1ccccc1. The molecule has 1 heterocycles. The van der Waals surface area contributed by atoms with E-state index in [-0.39, 0.29) is 24.5 Å². The van der Waals surface area contributed by atoms with E-state index >= 15 is 0 Å². The Labute approximate surface area is 113 Å². The average Bonchev–Trinajstić information content (AvgIpc) is 2.47. The summed E-state index contributed by atoms with van der Waals surface area (Å²) < 4.78 is 10.7. The van der Waals surface area contributed by atoms with Gasteiger partial charge >= 0.3 is 0 Å². The Morgan fingerprint density at radius 1 is 1.37 bits per heavy atom. The summed E-state index contributed by atoms with van der Waals surface area (Å²) in [6.07, 6.45) is 0.225. The number of nitrogens with one attached hydrogen (secondary N) is 1. The predicted molar refractivity (Wildman–Crippen MR) is 71.6 cm³/mol. The molecule has 2 rings (SSSR count). The molecule has 1 aliphatic rings. The highest BCUT2D eigenvalue weighted by atomic mass is 16.6. The van der Waals surface area contributed by atoms with Crippen molar-refractivity contribution in [3.8, 4) is 0 Å². The number of amides is 1. The van der Waals surface area contributed by atoms with E-state index in [1.807, 2.05) is 30.3 Å². The summed E-state index contributed by atoms with van der Waals surface area (Å²) in [6, 6.07) is 9.34. The van der Waals surface area contributed by atoms with Crippen LogP contribution < -0.4 is 11.1 Å². The third-order valence-electron chi connectivity index (χ3n) is 3.04. The maximum atomic E-state index is 11.8. The Morgan fingerprint density at radius 3 is 2.84 bits per heavy atom. The fourth-order valence-electron chi connectivity index (χ4n) is 1.97. The van der Waals surface area contributed by atoms with Gasteiger partial charge in [0, 0.05) is 19.0 Å². The van der Waals surface area contributed by atoms with Crippen molar-refractivity contribution in [3.05, 3.63) is 35.9 Å². The van der Waals surface area contributed by atoms with Crippen LogP contribution in [0.3, 0.4) is 0 Å². The van der Waals surface area contributed by atoms with Crippen molar-refractivity contribution in [3.63, 3.8) is 0 Å². The smallest absolute Gasteiger partial charge is 0.221 e. The minimum absolute atomic E-state index is 0.0503. The molecule has 0 aliphatic carbocycles. The van der Waals surface area contributed by atoms with Crippen molar-refractivity contribution in [2.45, 2.75) is 18.6 Å². The summed E-state index contributed by atoms with van der Waals surface area (Å²) in [5.74, 6) is -0.0643. The molecule has 0 radical (unpaired) electrons. The lowest BCUT2D eigenvalue weighted by molar-refractivity contribution is -0.124. The van der Waals surface area contributed by atoms with Crippen LogP contribution in [0.4, 0.5) is 0 Å². The Balaban J connectivity index is 1.71. The second-order valence-corrected chi connectivity index (χ2v) is 4.59. The number of benzene rings is 1. The molecule has 1 fully saturated rings. The molecule has 2 atom stereocenters. The molecule has 5 nitrogen and oxygen atoms in total. The Kier molecular flexibility index (Phi) is 5.32. The van der Waals surface area contributed by atoms with E-state index in [9.17, 15) is 4.79 Å². The monoisotopic (exact) mass is 264 g/mol. The van der Waals surface area contributed by atoms with E-state index in [0.29, 0.717) is 26.4 Å². The molecule has 0 saturated carbocycles. The molecule has 1 aromatic rings. The minimum atomic E-state index is -0.273. The summed E-state index contributed by atoms with van der Waals surface area (Å²) in [5.41, 5.74) is 6.96. The van der Waals surface area contributed by atoms with Gasteiger partial charge in [-0.2, -0.15) is 0 Å². The standard InChI is InChI=1S/C14H20N2O3/c15-13(11-4-2-1-3-5-11)8-14(17)16-9-12-10-18-6-7-19-12/h1-5,12-13H,6-10,15H2,(H,16,17). The molecule has 19 heavy (non-hydrogen) atoms. The maximum Gasteiger partial charge on any atom is 0.221 e. The van der Waals surface area contributed by atoms with Crippen molar-refractivity contribution in [2.75, 3.05) is 26.4 Å². The third-order valence-corrected chi connectivity index (χ3v) is 3.04. The molecule has 3 N–H and O–H groups in total. The number of hydrogen-bond donors (Lipinski definition) is 2. The normalized spacial score (nSPS) is 20.8. The van der Waals surface area contributed by atoms with Crippen LogP contribution in [-0.2, 0) is 14.3 Å². The molecule has 0 bridgehead atoms. The number of ether oxygens (including phenoxy) is 2. The van der Waals surface area contributed by atoms with Crippen LogP contribution in [0.1, 0.15) is 18.0 Å². The van der Waals surface area contributed by atoms with Crippen molar-refractivity contribution in [2.24, 2.45) is 5.73 Å². The highest BCUT2D eigenvalue weighted by Crippen LogP contribution is 2.12. The fourth-order valence-corrected chi connectivity index (χ4v) is 1.97. The third kappa shape index (κ3) is 4.63. The van der Waals surface area contributed by atoms with E-state index in [1.165, 1.54) is 0 Å². The summed E-state index contributed by atoms with van der Waals surface area (Å²) in [5, 5.41) is 2.83. The van der Waals surface area contributed by atoms with Gasteiger partial charge < -0.3 is 20.5 Å². The van der Waals surface area contributed by atoms with E-state index < -0.39 is 0 Å². The first-order chi connectivity index (χ1) is 9.25. The number of hydrogen-bond acceptors (Lipinski definition) is 4. The number of rotatable bonds is 5. The zero-order chi connectivity index (χ0) is 13.5. The summed E-state index contributed by atoms with van der Waals surface area (Å²) in [7, 11) is 0. The zero-order valence-corrected chi connectivity index (χ0v) is 10.9. The highest BCUT2D eigenvalue weighted by Gasteiger charge is 2.16. The average molecular weight is 264 g/mol. The molecule has 5 heteroatoms. The van der Waals surface area contributed by atoms with Crippen LogP contribution in [0.15, 0.2) is 30.3 Å². The van der Waals surface area contributed by atoms with Gasteiger partial charge in [0.05, 0.1) is 25.9 Å². The van der Waals surface area contributed by atoms with Gasteiger partial charge in [0.15, 0.2) is 0 Å². The molecule has 2 unspecified atom stereocenters. The molecule has 1 aromatic carbocycles. The number of carbonyl (C=O) groups excluding carboxylic acids is 1. The van der Waals surface area contributed by atoms with Gasteiger partial charge in [0.2, 0.25) is 5.91 Å². The van der Waals surface area contributed by atoms with Crippen molar-refractivity contribution >= 4 is 5.91 Å². The summed E-state index contributed by atoms with van der Waals surface area (Å²) >= 11 is 0. The molecule has 1 amide bonds. The molecule has 1 saturated heterocycles. The largest absolute Gasteiger partial charge is 0.376 e. The van der Waals surface area contributed by atoms with Crippen LogP contribution in [0, 0.1) is 0 Å². The Bertz CT molecular complexity index is 391. The summed E-state index contributed by atoms with van der Waals surface area (Å²) in [4.78, 5) is 11.8. The second-order valence-electron chi connectivity index (χ2n) is 4.59. The van der Waals surface area contributed by atoms with Gasteiger partial charge in [-0.15, -0.1) is 0 Å². The first-order valence-electron chi connectivity index (χ1n) is 6.52. The summed E-state index contributed by atoms with van der Waals surface area (Å²) in [6.45, 7) is 2.22. The Hall–Kier alpha value is -1.43. The molecule has 0 spiro atoms. The molecular weight excluding hydrogens is 244 g/mol. The lowest BCUT2D eigenvalue weighted by Crippen LogP contribution is -2.40. The first-order valence-corrected chi connectivity index (χ1v) is 6.52. The molecule has 0 aromatic heterocycles. The Morgan fingerprint density at radius 2 is 2.16 bits per heavy atom.